The fraction of sp³-hybridized carbons (Fsp3) is 0.667. The monoisotopic (exact) mass is 238 g/mol. The van der Waals surface area contributed by atoms with Crippen LogP contribution in [0.2, 0.25) is 0 Å². The highest BCUT2D eigenvalue weighted by atomic mass is 32.2. The number of hydrogen-bond acceptors (Lipinski definition) is 3. The molecule has 0 N–H and O–H groups in total. The summed E-state index contributed by atoms with van der Waals surface area (Å²) in [7, 11) is 0. The highest BCUT2D eigenvalue weighted by Crippen LogP contribution is 2.29. The minimum atomic E-state index is 0.236. The lowest BCUT2D eigenvalue weighted by Gasteiger charge is -2.30. The summed E-state index contributed by atoms with van der Waals surface area (Å²) in [5.41, 5.74) is 0. The van der Waals surface area contributed by atoms with Crippen molar-refractivity contribution in [3.8, 4) is 0 Å². The average Bonchev–Trinajstić information content (AvgIpc) is 2.69. The lowest BCUT2D eigenvalue weighted by molar-refractivity contribution is -0.126. The number of amidine groups is 1. The molecule has 3 nitrogen and oxygen atoms in total. The Morgan fingerprint density at radius 1 is 1.44 bits per heavy atom. The van der Waals surface area contributed by atoms with Crippen LogP contribution in [0.4, 0.5) is 0 Å². The largest absolute Gasteiger partial charge is 0.288 e. The molecular formula is C12H18N2OS. The molecule has 1 saturated heterocycles. The fourth-order valence-corrected chi connectivity index (χ4v) is 3.28. The van der Waals surface area contributed by atoms with Crippen molar-refractivity contribution in [1.82, 2.24) is 4.90 Å². The standard InChI is InChI=1S/C12H18N2OS/c1-2-8-13-12-14(11(15)9-16-12)10-6-4-3-5-7-10/h2,10H,1,3-9H2. The van der Waals surface area contributed by atoms with Crippen LogP contribution in [0, 0.1) is 0 Å². The first kappa shape index (κ1) is 11.7. The predicted molar refractivity (Wildman–Crippen MR) is 68.7 cm³/mol. The van der Waals surface area contributed by atoms with E-state index in [0.717, 1.165) is 18.0 Å². The second kappa shape index (κ2) is 5.53. The average molecular weight is 238 g/mol. The van der Waals surface area contributed by atoms with Gasteiger partial charge in [-0.15, -0.1) is 6.58 Å². The normalized spacial score (nSPS) is 25.4. The minimum absolute atomic E-state index is 0.236. The second-order valence-corrected chi connectivity index (χ2v) is 5.20. The Kier molecular flexibility index (Phi) is 4.04. The molecule has 1 aliphatic carbocycles. The van der Waals surface area contributed by atoms with Crippen LogP contribution in [-0.2, 0) is 4.79 Å². The Balaban J connectivity index is 2.08. The van der Waals surface area contributed by atoms with Crippen LogP contribution in [0.5, 0.6) is 0 Å². The maximum absolute atomic E-state index is 11.8. The smallest absolute Gasteiger partial charge is 0.239 e. The molecule has 0 spiro atoms. The number of carbonyl (C=O) groups is 1. The Labute approximate surface area is 101 Å². The summed E-state index contributed by atoms with van der Waals surface area (Å²) in [5.74, 6) is 0.798. The lowest BCUT2D eigenvalue weighted by atomic mass is 9.94. The van der Waals surface area contributed by atoms with Gasteiger partial charge in [-0.3, -0.25) is 14.7 Å². The van der Waals surface area contributed by atoms with E-state index in [1.54, 1.807) is 17.8 Å². The molecule has 2 rings (SSSR count). The molecule has 2 fully saturated rings. The summed E-state index contributed by atoms with van der Waals surface area (Å²) in [6.45, 7) is 4.27. The lowest BCUT2D eigenvalue weighted by Crippen LogP contribution is -2.40. The van der Waals surface area contributed by atoms with Gasteiger partial charge < -0.3 is 0 Å². The van der Waals surface area contributed by atoms with Crippen LogP contribution in [0.1, 0.15) is 32.1 Å². The van der Waals surface area contributed by atoms with Crippen molar-refractivity contribution in [3.05, 3.63) is 12.7 Å². The molecule has 0 aromatic heterocycles. The number of amides is 1. The van der Waals surface area contributed by atoms with Gasteiger partial charge in [-0.25, -0.2) is 0 Å². The zero-order valence-corrected chi connectivity index (χ0v) is 10.3. The number of aliphatic imine (C=N–C) groups is 1. The van der Waals surface area contributed by atoms with Crippen LogP contribution in [0.25, 0.3) is 0 Å². The summed E-state index contributed by atoms with van der Waals surface area (Å²) >= 11 is 1.57. The summed E-state index contributed by atoms with van der Waals surface area (Å²) in [5, 5.41) is 0.914. The van der Waals surface area contributed by atoms with E-state index in [4.69, 9.17) is 0 Å². The fourth-order valence-electron chi connectivity index (χ4n) is 2.34. The molecule has 0 aromatic carbocycles. The number of hydrogen-bond donors (Lipinski definition) is 0. The summed E-state index contributed by atoms with van der Waals surface area (Å²) in [4.78, 5) is 18.2. The molecule has 1 saturated carbocycles. The Morgan fingerprint density at radius 3 is 2.88 bits per heavy atom. The van der Waals surface area contributed by atoms with Crippen molar-refractivity contribution in [1.29, 1.82) is 0 Å². The van der Waals surface area contributed by atoms with Gasteiger partial charge in [-0.05, 0) is 12.8 Å². The van der Waals surface area contributed by atoms with Crippen molar-refractivity contribution in [2.24, 2.45) is 4.99 Å². The van der Waals surface area contributed by atoms with E-state index in [2.05, 4.69) is 11.6 Å². The van der Waals surface area contributed by atoms with Gasteiger partial charge in [-0.2, -0.15) is 0 Å². The van der Waals surface area contributed by atoms with E-state index in [1.165, 1.54) is 19.3 Å². The minimum Gasteiger partial charge on any atom is -0.288 e. The van der Waals surface area contributed by atoms with E-state index < -0.39 is 0 Å². The van der Waals surface area contributed by atoms with Crippen molar-refractivity contribution in [2.45, 2.75) is 38.1 Å². The molecule has 1 amide bonds. The van der Waals surface area contributed by atoms with Gasteiger partial charge in [-0.1, -0.05) is 37.1 Å². The zero-order chi connectivity index (χ0) is 11.4. The first-order valence-electron chi connectivity index (χ1n) is 5.93. The third-order valence-electron chi connectivity index (χ3n) is 3.10. The topological polar surface area (TPSA) is 32.7 Å². The molecule has 1 aliphatic heterocycles. The van der Waals surface area contributed by atoms with Crippen LogP contribution < -0.4 is 0 Å². The SMILES string of the molecule is C=CCN=C1SCC(=O)N1C1CCCCC1. The molecule has 2 aliphatic rings. The quantitative estimate of drug-likeness (QED) is 0.707. The third-order valence-corrected chi connectivity index (χ3v) is 4.07. The maximum Gasteiger partial charge on any atom is 0.239 e. The molecule has 0 unspecified atom stereocenters. The van der Waals surface area contributed by atoms with Gasteiger partial charge in [0, 0.05) is 6.04 Å². The molecule has 0 bridgehead atoms. The molecule has 0 aromatic rings. The summed E-state index contributed by atoms with van der Waals surface area (Å²) in [6, 6.07) is 0.403. The Morgan fingerprint density at radius 2 is 2.19 bits per heavy atom. The van der Waals surface area contributed by atoms with Crippen molar-refractivity contribution in [2.75, 3.05) is 12.3 Å². The van der Waals surface area contributed by atoms with E-state index in [9.17, 15) is 4.79 Å². The van der Waals surface area contributed by atoms with Crippen LogP contribution in [-0.4, -0.2) is 34.3 Å². The molecule has 1 heterocycles. The molecule has 16 heavy (non-hydrogen) atoms. The number of nitrogens with zero attached hydrogens (tertiary/aromatic N) is 2. The van der Waals surface area contributed by atoms with Gasteiger partial charge in [0.15, 0.2) is 5.17 Å². The molecular weight excluding hydrogens is 220 g/mol. The van der Waals surface area contributed by atoms with Gasteiger partial charge in [0.05, 0.1) is 12.3 Å². The van der Waals surface area contributed by atoms with Gasteiger partial charge in [0.1, 0.15) is 0 Å². The first-order valence-corrected chi connectivity index (χ1v) is 6.91. The van der Waals surface area contributed by atoms with Crippen LogP contribution in [0.15, 0.2) is 17.6 Å². The van der Waals surface area contributed by atoms with Gasteiger partial charge in [0.25, 0.3) is 0 Å². The highest BCUT2D eigenvalue weighted by molar-refractivity contribution is 8.15. The number of thioether (sulfide) groups is 1. The van der Waals surface area contributed by atoms with E-state index >= 15 is 0 Å². The molecule has 88 valence electrons. The molecule has 0 radical (unpaired) electrons. The highest BCUT2D eigenvalue weighted by Gasteiger charge is 2.34. The zero-order valence-electron chi connectivity index (χ0n) is 9.52. The molecule has 4 heteroatoms. The van der Waals surface area contributed by atoms with Crippen molar-refractivity contribution < 1.29 is 4.79 Å². The van der Waals surface area contributed by atoms with Crippen LogP contribution in [0.3, 0.4) is 0 Å². The number of rotatable bonds is 3. The second-order valence-electron chi connectivity index (χ2n) is 4.26. The molecule has 0 atom stereocenters. The first-order chi connectivity index (χ1) is 7.83. The van der Waals surface area contributed by atoms with Gasteiger partial charge in [0.2, 0.25) is 5.91 Å². The predicted octanol–water partition coefficient (Wildman–Crippen LogP) is 2.44. The van der Waals surface area contributed by atoms with E-state index in [-0.39, 0.29) is 5.91 Å². The summed E-state index contributed by atoms with van der Waals surface area (Å²) < 4.78 is 0. The van der Waals surface area contributed by atoms with Crippen molar-refractivity contribution in [3.63, 3.8) is 0 Å². The number of carbonyl (C=O) groups excluding carboxylic acids is 1. The summed E-state index contributed by atoms with van der Waals surface area (Å²) in [6.07, 6.45) is 7.85. The Hall–Kier alpha value is -0.770. The van der Waals surface area contributed by atoms with E-state index in [0.29, 0.717) is 18.3 Å². The van der Waals surface area contributed by atoms with Crippen molar-refractivity contribution >= 4 is 22.8 Å². The third kappa shape index (κ3) is 2.48. The maximum atomic E-state index is 11.8. The van der Waals surface area contributed by atoms with Gasteiger partial charge >= 0.3 is 0 Å². The van der Waals surface area contributed by atoms with Crippen LogP contribution >= 0.6 is 11.8 Å². The van der Waals surface area contributed by atoms with E-state index in [1.807, 2.05) is 4.90 Å². The Bertz CT molecular complexity index is 308.